The minimum atomic E-state index is -4.96. The van der Waals surface area contributed by atoms with Crippen molar-refractivity contribution >= 4 is 39.5 Å². The van der Waals surface area contributed by atoms with Crippen LogP contribution >= 0.6 is 15.6 Å². The summed E-state index contributed by atoms with van der Waals surface area (Å²) in [5.41, 5.74) is 0. The number of phosphoric ester groups is 2. The molecule has 0 aliphatic carbocycles. The Morgan fingerprint density at radius 1 is 0.302 bits per heavy atom. The van der Waals surface area contributed by atoms with Gasteiger partial charge in [-0.3, -0.25) is 37.3 Å². The third-order valence-electron chi connectivity index (χ3n) is 18.3. The summed E-state index contributed by atoms with van der Waals surface area (Å²) in [6.07, 6.45) is 57.2. The first-order chi connectivity index (χ1) is 46.4. The van der Waals surface area contributed by atoms with E-state index in [9.17, 15) is 43.2 Å². The Bertz CT molecular complexity index is 1860. The van der Waals surface area contributed by atoms with Gasteiger partial charge >= 0.3 is 39.5 Å². The Morgan fingerprint density at radius 2 is 0.531 bits per heavy atom. The van der Waals surface area contributed by atoms with Crippen molar-refractivity contribution in [3.8, 4) is 0 Å². The maximum absolute atomic E-state index is 13.1. The zero-order valence-electron chi connectivity index (χ0n) is 62.7. The number of aliphatic hydroxyl groups is 1. The number of esters is 4. The molecule has 0 aliphatic heterocycles. The van der Waals surface area contributed by atoms with Crippen LogP contribution in [0.4, 0.5) is 0 Å². The van der Waals surface area contributed by atoms with Crippen LogP contribution in [0.15, 0.2) is 0 Å². The second kappa shape index (κ2) is 68.8. The Labute approximate surface area is 588 Å². The summed E-state index contributed by atoms with van der Waals surface area (Å²) in [4.78, 5) is 72.7. The highest BCUT2D eigenvalue weighted by molar-refractivity contribution is 7.47. The van der Waals surface area contributed by atoms with Crippen molar-refractivity contribution in [2.75, 3.05) is 39.6 Å². The van der Waals surface area contributed by atoms with E-state index in [1.165, 1.54) is 205 Å². The summed E-state index contributed by atoms with van der Waals surface area (Å²) >= 11 is 0. The summed E-state index contributed by atoms with van der Waals surface area (Å²) < 4.78 is 68.4. The fourth-order valence-corrected chi connectivity index (χ4v) is 13.4. The number of ether oxygens (including phenoxy) is 4. The molecule has 0 rings (SSSR count). The van der Waals surface area contributed by atoms with Crippen LogP contribution in [0.5, 0.6) is 0 Å². The van der Waals surface area contributed by atoms with Gasteiger partial charge in [0.2, 0.25) is 0 Å². The van der Waals surface area contributed by atoms with Gasteiger partial charge in [0.05, 0.1) is 26.4 Å². The first-order valence-electron chi connectivity index (χ1n) is 40.0. The minimum Gasteiger partial charge on any atom is -0.462 e. The topological polar surface area (TPSA) is 237 Å². The van der Waals surface area contributed by atoms with Gasteiger partial charge in [-0.25, -0.2) is 9.13 Å². The van der Waals surface area contributed by atoms with E-state index < -0.39 is 97.5 Å². The molecule has 0 fully saturated rings. The second-order valence-electron chi connectivity index (χ2n) is 28.5. The molecule has 0 aromatic heterocycles. The largest absolute Gasteiger partial charge is 0.472 e. The molecule has 3 N–H and O–H groups in total. The third kappa shape index (κ3) is 69.2. The predicted molar refractivity (Wildman–Crippen MR) is 391 cm³/mol. The Hall–Kier alpha value is -1.94. The van der Waals surface area contributed by atoms with E-state index in [0.717, 1.165) is 115 Å². The van der Waals surface area contributed by atoms with Crippen LogP contribution in [0.2, 0.25) is 0 Å². The molecule has 19 heteroatoms. The summed E-state index contributed by atoms with van der Waals surface area (Å²) in [5, 5.41) is 10.6. The van der Waals surface area contributed by atoms with E-state index in [-0.39, 0.29) is 25.7 Å². The quantitative estimate of drug-likeness (QED) is 0.0222. The van der Waals surface area contributed by atoms with E-state index >= 15 is 0 Å². The first-order valence-corrected chi connectivity index (χ1v) is 43.0. The average molecular weight is 1410 g/mol. The first kappa shape index (κ1) is 94.1. The summed E-state index contributed by atoms with van der Waals surface area (Å²) in [6.45, 7) is 9.56. The molecule has 570 valence electrons. The number of carbonyl (C=O) groups excluding carboxylic acids is 4. The SMILES string of the molecule is CCCCCCCCCCCCCCCCCCCCCCCCC(=O)O[C@H](COC(=O)CCCCCCCCCCCCCCC(C)C)COP(=O)(O)OC[C@@H](O)COP(=O)(O)OC[C@@H](COC(=O)CCCCCCCCC)OC(=O)CCCCCCCCCCC(C)CC. The lowest BCUT2D eigenvalue weighted by Gasteiger charge is -2.21. The van der Waals surface area contributed by atoms with Gasteiger partial charge in [-0.15, -0.1) is 0 Å². The van der Waals surface area contributed by atoms with Crippen LogP contribution in [0, 0.1) is 11.8 Å². The standard InChI is InChI=1S/C77H150O17P2/c1-7-10-12-14-16-17-18-19-20-21-22-23-24-25-26-27-28-33-36-43-49-55-61-76(81)93-73(66-88-75(80)60-54-48-42-35-32-30-29-31-34-40-45-51-57-69(4)5)68-92-96(85,86)90-64-71(78)63-89-95(83,84)91-67-72(65-87-74(79)59-53-47-39-15-13-11-8-2)94-77(82)62-56-50-44-38-37-41-46-52-58-70(6)9-3/h69-73,78H,7-68H2,1-6H3,(H,83,84)(H,85,86)/t70?,71-,72+,73+/m0/s1. The molecule has 0 heterocycles. The highest BCUT2D eigenvalue weighted by atomic mass is 31.2. The molecule has 0 saturated carbocycles. The van der Waals surface area contributed by atoms with Gasteiger partial charge in [-0.2, -0.15) is 0 Å². The second-order valence-corrected chi connectivity index (χ2v) is 31.4. The van der Waals surface area contributed by atoms with E-state index in [2.05, 4.69) is 41.5 Å². The predicted octanol–water partition coefficient (Wildman–Crippen LogP) is 22.7. The number of phosphoric acid groups is 2. The number of hydrogen-bond acceptors (Lipinski definition) is 15. The van der Waals surface area contributed by atoms with Crippen molar-refractivity contribution in [2.45, 2.75) is 419 Å². The van der Waals surface area contributed by atoms with E-state index in [1.807, 2.05) is 0 Å². The summed E-state index contributed by atoms with van der Waals surface area (Å²) in [5.74, 6) is -0.570. The van der Waals surface area contributed by atoms with Crippen molar-refractivity contribution in [2.24, 2.45) is 11.8 Å². The van der Waals surface area contributed by atoms with E-state index in [1.54, 1.807) is 0 Å². The maximum atomic E-state index is 13.1. The van der Waals surface area contributed by atoms with Crippen molar-refractivity contribution in [1.29, 1.82) is 0 Å². The molecule has 6 atom stereocenters. The third-order valence-corrected chi connectivity index (χ3v) is 20.2. The Morgan fingerprint density at radius 3 is 0.792 bits per heavy atom. The van der Waals surface area contributed by atoms with Gasteiger partial charge < -0.3 is 33.8 Å². The monoisotopic (exact) mass is 1410 g/mol. The van der Waals surface area contributed by atoms with Crippen molar-refractivity contribution in [3.05, 3.63) is 0 Å². The van der Waals surface area contributed by atoms with Gasteiger partial charge in [0.15, 0.2) is 12.2 Å². The molecule has 0 amide bonds. The smallest absolute Gasteiger partial charge is 0.462 e. The van der Waals surface area contributed by atoms with Crippen LogP contribution in [0.1, 0.15) is 401 Å². The number of unbranched alkanes of at least 4 members (excludes halogenated alkanes) is 45. The van der Waals surface area contributed by atoms with Crippen LogP contribution in [0.3, 0.4) is 0 Å². The van der Waals surface area contributed by atoms with Gasteiger partial charge in [-0.1, -0.05) is 350 Å². The van der Waals surface area contributed by atoms with Crippen molar-refractivity contribution < 1.29 is 80.2 Å². The summed E-state index contributed by atoms with van der Waals surface area (Å²) in [6, 6.07) is 0. The van der Waals surface area contributed by atoms with Gasteiger partial charge in [0, 0.05) is 25.7 Å². The molecular weight excluding hydrogens is 1260 g/mol. The van der Waals surface area contributed by atoms with Crippen molar-refractivity contribution in [1.82, 2.24) is 0 Å². The van der Waals surface area contributed by atoms with Gasteiger partial charge in [0.1, 0.15) is 19.3 Å². The highest BCUT2D eigenvalue weighted by Gasteiger charge is 2.30. The average Bonchev–Trinajstić information content (AvgIpc) is 1.91. The normalized spacial score (nSPS) is 14.3. The molecule has 0 aliphatic rings. The fourth-order valence-electron chi connectivity index (χ4n) is 11.8. The number of hydrogen-bond donors (Lipinski definition) is 3. The molecular formula is C77H150O17P2. The number of aliphatic hydroxyl groups excluding tert-OH is 1. The number of carbonyl (C=O) groups is 4. The molecule has 0 radical (unpaired) electrons. The molecule has 0 saturated heterocycles. The molecule has 0 aromatic rings. The van der Waals surface area contributed by atoms with Crippen LogP contribution < -0.4 is 0 Å². The lowest BCUT2D eigenvalue weighted by atomic mass is 9.99. The van der Waals surface area contributed by atoms with Crippen LogP contribution in [-0.2, 0) is 65.4 Å². The van der Waals surface area contributed by atoms with Gasteiger partial charge in [0.25, 0.3) is 0 Å². The zero-order chi connectivity index (χ0) is 70.7. The summed E-state index contributed by atoms with van der Waals surface area (Å²) in [7, 11) is -9.91. The number of rotatable bonds is 76. The van der Waals surface area contributed by atoms with Gasteiger partial charge in [-0.05, 0) is 37.5 Å². The van der Waals surface area contributed by atoms with E-state index in [0.29, 0.717) is 25.7 Å². The van der Waals surface area contributed by atoms with Crippen molar-refractivity contribution in [3.63, 3.8) is 0 Å². The Kier molecular flexibility index (Phi) is 67.4. The minimum absolute atomic E-state index is 0.105. The molecule has 0 spiro atoms. The fraction of sp³-hybridized carbons (Fsp3) is 0.948. The highest BCUT2D eigenvalue weighted by Crippen LogP contribution is 2.45. The molecule has 0 aromatic carbocycles. The lowest BCUT2D eigenvalue weighted by molar-refractivity contribution is -0.161. The van der Waals surface area contributed by atoms with Crippen LogP contribution in [0.25, 0.3) is 0 Å². The Balaban J connectivity index is 5.16. The van der Waals surface area contributed by atoms with Crippen LogP contribution in [-0.4, -0.2) is 96.7 Å². The molecule has 3 unspecified atom stereocenters. The molecule has 0 bridgehead atoms. The zero-order valence-corrected chi connectivity index (χ0v) is 64.5. The van der Waals surface area contributed by atoms with E-state index in [4.69, 9.17) is 37.0 Å². The lowest BCUT2D eigenvalue weighted by Crippen LogP contribution is -2.30. The maximum Gasteiger partial charge on any atom is 0.472 e. The molecule has 17 nitrogen and oxygen atoms in total. The molecule has 96 heavy (non-hydrogen) atoms.